The highest BCUT2D eigenvalue weighted by Gasteiger charge is 2.16. The summed E-state index contributed by atoms with van der Waals surface area (Å²) >= 11 is 0. The highest BCUT2D eigenvalue weighted by molar-refractivity contribution is 5.61. The number of aliphatic hydroxyl groups excluding tert-OH is 1. The number of nitrogens with zero attached hydrogens (tertiary/aromatic N) is 5. The summed E-state index contributed by atoms with van der Waals surface area (Å²) in [5, 5.41) is 15.7. The van der Waals surface area contributed by atoms with Crippen molar-refractivity contribution in [1.82, 2.24) is 14.6 Å². The van der Waals surface area contributed by atoms with Crippen molar-refractivity contribution in [2.75, 3.05) is 37.0 Å². The molecule has 4 rings (SSSR count). The Balaban J connectivity index is 0.000000858. The Kier molecular flexibility index (Phi) is 8.46. The molecule has 1 fully saturated rings. The Morgan fingerprint density at radius 2 is 1.94 bits per heavy atom. The second-order valence-electron chi connectivity index (χ2n) is 7.58. The van der Waals surface area contributed by atoms with Crippen molar-refractivity contribution < 1.29 is 14.7 Å². The molecule has 0 aromatic carbocycles. The van der Waals surface area contributed by atoms with E-state index in [1.165, 1.54) is 31.2 Å². The van der Waals surface area contributed by atoms with Crippen molar-refractivity contribution in [3.63, 3.8) is 0 Å². The lowest BCUT2D eigenvalue weighted by molar-refractivity contribution is -0.885. The molecule has 168 valence electrons. The van der Waals surface area contributed by atoms with Crippen molar-refractivity contribution in [1.29, 1.82) is 0 Å². The van der Waals surface area contributed by atoms with Crippen LogP contribution in [0.1, 0.15) is 50.7 Å². The Labute approximate surface area is 184 Å². The Hall–Kier alpha value is -2.87. The zero-order valence-corrected chi connectivity index (χ0v) is 18.9. The van der Waals surface area contributed by atoms with E-state index < -0.39 is 0 Å². The van der Waals surface area contributed by atoms with E-state index in [0.29, 0.717) is 6.54 Å². The fourth-order valence-corrected chi connectivity index (χ4v) is 3.74. The van der Waals surface area contributed by atoms with Crippen molar-refractivity contribution in [3.8, 4) is 0 Å². The van der Waals surface area contributed by atoms with Gasteiger partial charge in [0, 0.05) is 54.2 Å². The average molecular weight is 428 g/mol. The smallest absolute Gasteiger partial charge is 0.227 e. The molecule has 1 saturated heterocycles. The molecule has 8 nitrogen and oxygen atoms in total. The van der Waals surface area contributed by atoms with E-state index in [1.807, 2.05) is 29.2 Å². The molecule has 0 unspecified atom stereocenters. The highest BCUT2D eigenvalue weighted by Crippen LogP contribution is 2.24. The molecule has 0 saturated carbocycles. The monoisotopic (exact) mass is 427 g/mol. The minimum Gasteiger partial charge on any atom is -0.397 e. The second-order valence-corrected chi connectivity index (χ2v) is 7.58. The number of fused-ring (bicyclic) bond motifs is 1. The fraction of sp³-hybridized carbons (Fsp3) is 0.522. The lowest BCUT2D eigenvalue weighted by Gasteiger charge is -2.22. The molecule has 1 aliphatic rings. The quantitative estimate of drug-likeness (QED) is 0.589. The molecular weight excluding hydrogens is 392 g/mol. The molecule has 3 aromatic heterocycles. The summed E-state index contributed by atoms with van der Waals surface area (Å²) in [6.45, 7) is 6.91. The molecular formula is C23H35N6O2+. The van der Waals surface area contributed by atoms with Gasteiger partial charge in [0.15, 0.2) is 5.65 Å². The first-order valence-corrected chi connectivity index (χ1v) is 11.2. The number of hydrogen-bond donors (Lipinski definition) is 2. The molecule has 0 radical (unpaired) electrons. The van der Waals surface area contributed by atoms with E-state index in [9.17, 15) is 0 Å². The van der Waals surface area contributed by atoms with Crippen LogP contribution in [0.25, 0.3) is 5.65 Å². The molecule has 4 heterocycles. The van der Waals surface area contributed by atoms with Gasteiger partial charge in [-0.1, -0.05) is 19.8 Å². The van der Waals surface area contributed by atoms with Gasteiger partial charge in [0.2, 0.25) is 12.4 Å². The van der Waals surface area contributed by atoms with Crippen LogP contribution in [0.15, 0.2) is 36.8 Å². The van der Waals surface area contributed by atoms with Crippen LogP contribution >= 0.6 is 0 Å². The van der Waals surface area contributed by atoms with E-state index in [2.05, 4.69) is 34.4 Å². The van der Waals surface area contributed by atoms with E-state index >= 15 is 0 Å². The van der Waals surface area contributed by atoms with Crippen molar-refractivity contribution in [2.24, 2.45) is 0 Å². The van der Waals surface area contributed by atoms with E-state index in [-0.39, 0.29) is 6.61 Å². The first-order valence-electron chi connectivity index (χ1n) is 11.2. The summed E-state index contributed by atoms with van der Waals surface area (Å²) in [4.78, 5) is 12.7. The van der Waals surface area contributed by atoms with Crippen LogP contribution in [-0.2, 0) is 13.0 Å². The van der Waals surface area contributed by atoms with Crippen LogP contribution in [0.2, 0.25) is 0 Å². The van der Waals surface area contributed by atoms with Crippen LogP contribution in [0.4, 0.5) is 11.6 Å². The number of pyridine rings is 1. The van der Waals surface area contributed by atoms with Gasteiger partial charge in [0.1, 0.15) is 18.7 Å². The lowest BCUT2D eigenvalue weighted by Crippen LogP contribution is -2.40. The predicted molar refractivity (Wildman–Crippen MR) is 122 cm³/mol. The number of rotatable bonds is 6. The van der Waals surface area contributed by atoms with Gasteiger partial charge in [-0.05, 0) is 32.3 Å². The third kappa shape index (κ3) is 5.85. The van der Waals surface area contributed by atoms with Crippen LogP contribution in [0.5, 0.6) is 0 Å². The Morgan fingerprint density at radius 1 is 1.19 bits per heavy atom. The van der Waals surface area contributed by atoms with Gasteiger partial charge >= 0.3 is 0 Å². The molecule has 0 aliphatic carbocycles. The normalized spacial score (nSPS) is 14.0. The molecule has 8 heteroatoms. The third-order valence-electron chi connectivity index (χ3n) is 5.36. The van der Waals surface area contributed by atoms with Crippen LogP contribution in [0, 0.1) is 0 Å². The van der Waals surface area contributed by atoms with Gasteiger partial charge in [-0.15, -0.1) is 0 Å². The number of hydrogen-bond acceptors (Lipinski definition) is 6. The van der Waals surface area contributed by atoms with Gasteiger partial charge in [-0.3, -0.25) is 4.84 Å². The minimum absolute atomic E-state index is 0.250. The maximum atomic E-state index is 7.57. The van der Waals surface area contributed by atoms with E-state index in [1.54, 1.807) is 18.8 Å². The third-order valence-corrected chi connectivity index (χ3v) is 5.36. The fourth-order valence-electron chi connectivity index (χ4n) is 3.74. The van der Waals surface area contributed by atoms with Gasteiger partial charge in [0.05, 0.1) is 6.20 Å². The zero-order chi connectivity index (χ0) is 22.1. The molecule has 0 spiro atoms. The van der Waals surface area contributed by atoms with Gasteiger partial charge in [0.25, 0.3) is 0 Å². The van der Waals surface area contributed by atoms with Crippen molar-refractivity contribution >= 4 is 17.3 Å². The van der Waals surface area contributed by atoms with Gasteiger partial charge < -0.3 is 15.3 Å². The topological polar surface area (TPSA) is 78.8 Å². The average Bonchev–Trinajstić information content (AvgIpc) is 3.02. The second kappa shape index (κ2) is 11.5. The standard InChI is InChI=1S/C21H29N6O.C2H6O/c1-3-18-15-23-27-19(22-14-17-9-8-12-26(16-17)28-2)13-20(24-21(18)27)25-10-6-4-5-7-11-25;1-2-3/h8-9,12-13,15-16,22H,3-7,10-11,14H2,1-2H3;3H,2H2,1H3/q+1;. The van der Waals surface area contributed by atoms with Gasteiger partial charge in [-0.25, -0.2) is 4.98 Å². The predicted octanol–water partition coefficient (Wildman–Crippen LogP) is 2.63. The van der Waals surface area contributed by atoms with Crippen LogP contribution in [0.3, 0.4) is 0 Å². The Morgan fingerprint density at radius 3 is 2.61 bits per heavy atom. The first-order chi connectivity index (χ1) is 15.2. The maximum absolute atomic E-state index is 7.57. The minimum atomic E-state index is 0.250. The summed E-state index contributed by atoms with van der Waals surface area (Å²) in [7, 11) is 1.66. The molecule has 31 heavy (non-hydrogen) atoms. The summed E-state index contributed by atoms with van der Waals surface area (Å²) < 4.78 is 3.62. The lowest BCUT2D eigenvalue weighted by atomic mass is 10.2. The van der Waals surface area contributed by atoms with Crippen LogP contribution in [-0.4, -0.2) is 46.5 Å². The SMILES string of the molecule is CCO.CCc1cnn2c(NCc3ccc[n+](OC)c3)cc(N3CCCCCC3)nc12. The van der Waals surface area contributed by atoms with Crippen molar-refractivity contribution in [3.05, 3.63) is 47.9 Å². The highest BCUT2D eigenvalue weighted by atomic mass is 16.6. The summed E-state index contributed by atoms with van der Waals surface area (Å²) in [5.74, 6) is 2.02. The number of nitrogens with one attached hydrogen (secondary N) is 1. The summed E-state index contributed by atoms with van der Waals surface area (Å²) in [6, 6.07) is 6.20. The molecule has 3 aromatic rings. The number of aromatic nitrogens is 4. The first kappa shape index (κ1) is 22.8. The number of anilines is 2. The van der Waals surface area contributed by atoms with Gasteiger partial charge in [-0.2, -0.15) is 9.61 Å². The Bertz CT molecular complexity index is 950. The molecule has 0 atom stereocenters. The molecule has 1 aliphatic heterocycles. The maximum Gasteiger partial charge on any atom is 0.227 e. The number of aryl methyl sites for hydroxylation is 1. The number of aliphatic hydroxyl groups is 1. The van der Waals surface area contributed by atoms with E-state index in [4.69, 9.17) is 14.9 Å². The zero-order valence-electron chi connectivity index (χ0n) is 18.9. The molecule has 2 N–H and O–H groups in total. The van der Waals surface area contributed by atoms with Crippen LogP contribution < -0.4 is 19.8 Å². The largest absolute Gasteiger partial charge is 0.397 e. The molecule has 0 amide bonds. The summed E-state index contributed by atoms with van der Waals surface area (Å²) in [6.07, 6.45) is 11.8. The van der Waals surface area contributed by atoms with E-state index in [0.717, 1.165) is 42.4 Å². The summed E-state index contributed by atoms with van der Waals surface area (Å²) in [5.41, 5.74) is 3.26. The molecule has 0 bridgehead atoms. The van der Waals surface area contributed by atoms with Crippen molar-refractivity contribution in [2.45, 2.75) is 52.5 Å².